The normalized spacial score (nSPS) is 13.5. The van der Waals surface area contributed by atoms with Crippen LogP contribution in [0.3, 0.4) is 0 Å². The van der Waals surface area contributed by atoms with Gasteiger partial charge in [-0.2, -0.15) is 21.0 Å². The van der Waals surface area contributed by atoms with E-state index in [9.17, 15) is 9.81 Å². The third kappa shape index (κ3) is 2.66. The molecule has 1 aromatic carbocycles. The summed E-state index contributed by atoms with van der Waals surface area (Å²) in [5.41, 5.74) is -0.204. The molecule has 0 amide bonds. The zero-order valence-corrected chi connectivity index (χ0v) is 15.4. The van der Waals surface area contributed by atoms with Crippen LogP contribution in [0.15, 0.2) is 49.6 Å². The first-order valence-corrected chi connectivity index (χ1v) is 9.61. The van der Waals surface area contributed by atoms with Crippen molar-refractivity contribution in [1.29, 1.82) is 21.0 Å². The first-order chi connectivity index (χ1) is 12.6. The molecular weight excluding hydrogens is 412 g/mol. The minimum atomic E-state index is -0.137. The molecule has 0 radical (unpaired) electrons. The predicted octanol–water partition coefficient (Wildman–Crippen LogP) is 5.40. The molecule has 0 fully saturated rings. The summed E-state index contributed by atoms with van der Waals surface area (Å²) in [5.74, 6) is 0. The molecule has 0 saturated heterocycles. The molecule has 2 aliphatic rings. The van der Waals surface area contributed by atoms with Crippen LogP contribution in [-0.4, -0.2) is 0 Å². The van der Waals surface area contributed by atoms with Gasteiger partial charge in [0.25, 0.3) is 0 Å². The first-order valence-electron chi connectivity index (χ1n) is 6.34. The Morgan fingerprint density at radius 3 is 1.08 bits per heavy atom. The first kappa shape index (κ1) is 18.1. The average Bonchev–Trinajstić information content (AvgIpc) is 3.26. The number of nitriles is 4. The van der Waals surface area contributed by atoms with Gasteiger partial charge in [0.15, 0.2) is 0 Å². The Bertz CT molecular complexity index is 965. The second-order valence-corrected chi connectivity index (χ2v) is 8.98. The highest BCUT2D eigenvalue weighted by Gasteiger charge is 2.37. The molecule has 0 aromatic heterocycles. The summed E-state index contributed by atoms with van der Waals surface area (Å²) in [6.07, 6.45) is 0. The van der Waals surface area contributed by atoms with Gasteiger partial charge in [0.05, 0.1) is 28.1 Å². The van der Waals surface area contributed by atoms with Crippen molar-refractivity contribution >= 4 is 58.4 Å². The van der Waals surface area contributed by atoms with Gasteiger partial charge < -0.3 is 0 Å². The largest absolute Gasteiger partial charge is 0.192 e. The van der Waals surface area contributed by atoms with Gasteiger partial charge in [-0.25, -0.2) is 0 Å². The second-order valence-electron chi connectivity index (χ2n) is 4.38. The molecule has 3 rings (SSSR count). The number of thioether (sulfide) groups is 4. The number of nitrogens with zero attached hydrogens (tertiary/aromatic N) is 6. The lowest BCUT2D eigenvalue weighted by Crippen LogP contribution is -1.82. The Morgan fingerprint density at radius 2 is 0.885 bits per heavy atom. The molecule has 122 valence electrons. The summed E-state index contributed by atoms with van der Waals surface area (Å²) in [6, 6.07) is 7.07. The fourth-order valence-electron chi connectivity index (χ4n) is 2.03. The lowest BCUT2D eigenvalue weighted by atomic mass is 10.3. The Hall–Kier alpha value is -2.74. The van der Waals surface area contributed by atoms with Crippen molar-refractivity contribution in [3.63, 3.8) is 0 Å². The predicted molar refractivity (Wildman–Crippen MR) is 97.3 cm³/mol. The van der Waals surface area contributed by atoms with Crippen molar-refractivity contribution in [2.45, 2.75) is 19.6 Å². The maximum Gasteiger partial charge on any atom is 0.150 e. The van der Waals surface area contributed by atoms with Crippen LogP contribution in [0.1, 0.15) is 0 Å². The summed E-state index contributed by atoms with van der Waals surface area (Å²) in [6.45, 7) is 0. The zero-order valence-electron chi connectivity index (χ0n) is 12.1. The van der Waals surface area contributed by atoms with Crippen molar-refractivity contribution in [3.05, 3.63) is 29.4 Å². The van der Waals surface area contributed by atoms with Gasteiger partial charge in [0, 0.05) is 0 Å². The van der Waals surface area contributed by atoms with Gasteiger partial charge in [-0.05, 0) is 10.4 Å². The Morgan fingerprint density at radius 1 is 0.615 bits per heavy atom. The number of nitroso groups, excluding NO2 is 2. The highest BCUT2D eigenvalue weighted by molar-refractivity contribution is 8.26. The zero-order chi connectivity index (χ0) is 18.8. The quantitative estimate of drug-likeness (QED) is 0.455. The highest BCUT2D eigenvalue weighted by Crippen LogP contribution is 2.68. The van der Waals surface area contributed by atoms with Crippen LogP contribution >= 0.6 is 47.0 Å². The van der Waals surface area contributed by atoms with Gasteiger partial charge >= 0.3 is 0 Å². The molecule has 12 heteroatoms. The molecule has 0 saturated carbocycles. The lowest BCUT2D eigenvalue weighted by molar-refractivity contribution is 1.07. The van der Waals surface area contributed by atoms with E-state index in [2.05, 4.69) is 10.4 Å². The fraction of sp³-hybridized carbons (Fsp3) is 0. The standard InChI is InChI=1S/C14N6O2S4/c15-1-5(2-16)13-23-9-7(19-21)11-12(8(20-22)10(9)24-13)26-14(25-11)6(3-17)4-18. The van der Waals surface area contributed by atoms with Crippen LogP contribution < -0.4 is 0 Å². The summed E-state index contributed by atoms with van der Waals surface area (Å²) < 4.78 is 0.674. The minimum absolute atomic E-state index is 0.0351. The van der Waals surface area contributed by atoms with E-state index >= 15 is 0 Å². The topological polar surface area (TPSA) is 154 Å². The summed E-state index contributed by atoms with van der Waals surface area (Å²) >= 11 is 3.99. The smallest absolute Gasteiger partial charge is 0.150 e. The van der Waals surface area contributed by atoms with E-state index in [1.807, 2.05) is 0 Å². The average molecular weight is 412 g/mol. The number of rotatable bonds is 2. The van der Waals surface area contributed by atoms with Crippen LogP contribution in [0.2, 0.25) is 0 Å². The molecule has 0 unspecified atom stereocenters. The van der Waals surface area contributed by atoms with Crippen LogP contribution in [0.25, 0.3) is 0 Å². The van der Waals surface area contributed by atoms with Gasteiger partial charge in [-0.1, -0.05) is 47.0 Å². The van der Waals surface area contributed by atoms with Crippen molar-refractivity contribution < 1.29 is 0 Å². The van der Waals surface area contributed by atoms with Gasteiger partial charge in [0.2, 0.25) is 0 Å². The van der Waals surface area contributed by atoms with Crippen molar-refractivity contribution in [2.24, 2.45) is 10.4 Å². The maximum absolute atomic E-state index is 11.5. The van der Waals surface area contributed by atoms with E-state index in [0.717, 1.165) is 47.0 Å². The van der Waals surface area contributed by atoms with Crippen LogP contribution in [-0.2, 0) is 0 Å². The number of benzene rings is 1. The van der Waals surface area contributed by atoms with E-state index in [4.69, 9.17) is 21.0 Å². The molecule has 0 aliphatic carbocycles. The Labute approximate surface area is 162 Å². The van der Waals surface area contributed by atoms with Crippen LogP contribution in [0.5, 0.6) is 0 Å². The summed E-state index contributed by atoms with van der Waals surface area (Å²) in [7, 11) is 0. The molecule has 0 spiro atoms. The number of allylic oxidation sites excluding steroid dienone is 2. The molecule has 2 heterocycles. The van der Waals surface area contributed by atoms with Crippen molar-refractivity contribution in [3.8, 4) is 24.3 Å². The van der Waals surface area contributed by atoms with E-state index in [0.29, 0.717) is 28.1 Å². The van der Waals surface area contributed by atoms with Gasteiger partial charge in [-0.15, -0.1) is 9.81 Å². The van der Waals surface area contributed by atoms with Crippen LogP contribution in [0.4, 0.5) is 11.4 Å². The van der Waals surface area contributed by atoms with Crippen LogP contribution in [0, 0.1) is 55.1 Å². The lowest BCUT2D eigenvalue weighted by Gasteiger charge is -2.07. The Kier molecular flexibility index (Phi) is 5.03. The Balaban J connectivity index is 2.27. The molecule has 26 heavy (non-hydrogen) atoms. The molecule has 0 bridgehead atoms. The number of fused-ring (bicyclic) bond motifs is 2. The van der Waals surface area contributed by atoms with E-state index in [1.54, 1.807) is 24.3 Å². The van der Waals surface area contributed by atoms with E-state index in [-0.39, 0.29) is 22.5 Å². The number of hydrogen-bond donors (Lipinski definition) is 0. The monoisotopic (exact) mass is 412 g/mol. The van der Waals surface area contributed by atoms with E-state index < -0.39 is 0 Å². The second kappa shape index (κ2) is 7.25. The third-order valence-electron chi connectivity index (χ3n) is 3.09. The van der Waals surface area contributed by atoms with Crippen molar-refractivity contribution in [1.82, 2.24) is 0 Å². The summed E-state index contributed by atoms with van der Waals surface area (Å²) in [5, 5.41) is 42.2. The molecule has 8 nitrogen and oxygen atoms in total. The van der Waals surface area contributed by atoms with Gasteiger partial charge in [0.1, 0.15) is 46.8 Å². The van der Waals surface area contributed by atoms with Gasteiger partial charge in [-0.3, -0.25) is 0 Å². The molecule has 1 aromatic rings. The highest BCUT2D eigenvalue weighted by atomic mass is 32.2. The van der Waals surface area contributed by atoms with Crippen molar-refractivity contribution in [2.75, 3.05) is 0 Å². The third-order valence-corrected chi connectivity index (χ3v) is 8.31. The molecule has 0 atom stereocenters. The molecular formula is C14N6O2S4. The fourth-order valence-corrected chi connectivity index (χ4v) is 7.21. The SMILES string of the molecule is N#CC(C#N)=C1Sc2c(N=O)c3c(c(N=O)c2S1)SC(=C(C#N)C#N)S3. The maximum atomic E-state index is 11.5. The van der Waals surface area contributed by atoms with E-state index in [1.165, 1.54) is 0 Å². The minimum Gasteiger partial charge on any atom is -0.192 e. The number of hydrogen-bond acceptors (Lipinski definition) is 12. The summed E-state index contributed by atoms with van der Waals surface area (Å²) in [4.78, 5) is 24.3. The molecule has 0 N–H and O–H groups in total. The molecule has 2 aliphatic heterocycles.